The Morgan fingerprint density at radius 1 is 1.22 bits per heavy atom. The number of hydrogen-bond donors (Lipinski definition) is 1. The number of hydrogen-bond acceptors (Lipinski definition) is 3. The normalized spacial score (nSPS) is 12.5. The van der Waals surface area contributed by atoms with Gasteiger partial charge in [-0.05, 0) is 51.4 Å². The van der Waals surface area contributed by atoms with E-state index in [1.54, 1.807) is 0 Å². The molecule has 0 saturated heterocycles. The number of nitrogens with zero attached hydrogens (tertiary/aromatic N) is 2. The second-order valence-electron chi connectivity index (χ2n) is 5.16. The van der Waals surface area contributed by atoms with E-state index in [1.165, 1.54) is 0 Å². The Hall–Kier alpha value is -1.84. The highest BCUT2D eigenvalue weighted by Gasteiger charge is 2.16. The van der Waals surface area contributed by atoms with Crippen LogP contribution in [-0.2, 0) is 0 Å². The first-order valence-electron chi connectivity index (χ1n) is 6.13. The zero-order chi connectivity index (χ0) is 13.6. The molecule has 1 unspecified atom stereocenters. The summed E-state index contributed by atoms with van der Waals surface area (Å²) in [7, 11) is 0. The van der Waals surface area contributed by atoms with Gasteiger partial charge < -0.3 is 5.32 Å². The van der Waals surface area contributed by atoms with Gasteiger partial charge in [0.05, 0.1) is 23.1 Å². The molecule has 1 aromatic rings. The van der Waals surface area contributed by atoms with Crippen LogP contribution in [0.15, 0.2) is 24.3 Å². The molecule has 1 aromatic carbocycles. The first kappa shape index (κ1) is 14.2. The molecular formula is C15H19N3. The highest BCUT2D eigenvalue weighted by Crippen LogP contribution is 2.19. The lowest BCUT2D eigenvalue weighted by Crippen LogP contribution is -2.24. The fourth-order valence-electron chi connectivity index (χ4n) is 1.62. The Morgan fingerprint density at radius 3 is 2.33 bits per heavy atom. The zero-order valence-corrected chi connectivity index (χ0v) is 11.2. The molecule has 0 bridgehead atoms. The van der Waals surface area contributed by atoms with Crippen LogP contribution in [0.1, 0.15) is 44.4 Å². The molecule has 3 nitrogen and oxygen atoms in total. The van der Waals surface area contributed by atoms with Crippen molar-refractivity contribution in [2.75, 3.05) is 6.54 Å². The van der Waals surface area contributed by atoms with Gasteiger partial charge in [-0.25, -0.2) is 0 Å². The summed E-state index contributed by atoms with van der Waals surface area (Å²) < 4.78 is 0. The van der Waals surface area contributed by atoms with Crippen LogP contribution in [0, 0.1) is 28.1 Å². The second-order valence-corrected chi connectivity index (χ2v) is 5.16. The average Bonchev–Trinajstić information content (AvgIpc) is 2.38. The summed E-state index contributed by atoms with van der Waals surface area (Å²) in [6, 6.07) is 12.2. The quantitative estimate of drug-likeness (QED) is 0.861. The summed E-state index contributed by atoms with van der Waals surface area (Å²) in [5, 5.41) is 21.0. The molecule has 18 heavy (non-hydrogen) atoms. The average molecular weight is 241 g/mol. The van der Waals surface area contributed by atoms with Crippen molar-refractivity contribution in [3.63, 3.8) is 0 Å². The lowest BCUT2D eigenvalue weighted by molar-refractivity contribution is 0.416. The van der Waals surface area contributed by atoms with Crippen LogP contribution in [0.2, 0.25) is 0 Å². The largest absolute Gasteiger partial charge is 0.310 e. The molecule has 0 aromatic heterocycles. The van der Waals surface area contributed by atoms with E-state index in [0.29, 0.717) is 5.56 Å². The summed E-state index contributed by atoms with van der Waals surface area (Å²) >= 11 is 0. The highest BCUT2D eigenvalue weighted by molar-refractivity contribution is 5.32. The van der Waals surface area contributed by atoms with Crippen LogP contribution < -0.4 is 5.32 Å². The first-order chi connectivity index (χ1) is 8.48. The molecule has 1 N–H and O–H groups in total. The number of benzene rings is 1. The summed E-state index contributed by atoms with van der Waals surface area (Å²) in [5.74, 6) is 0. The van der Waals surface area contributed by atoms with Crippen molar-refractivity contribution in [2.24, 2.45) is 5.41 Å². The Kier molecular flexibility index (Phi) is 4.89. The Labute approximate surface area is 109 Å². The SMILES string of the molecule is CC(NCCC(C)(C)C#N)c1ccc(C#N)cc1. The van der Waals surface area contributed by atoms with E-state index in [2.05, 4.69) is 24.4 Å². The van der Waals surface area contributed by atoms with E-state index in [9.17, 15) is 0 Å². The molecule has 0 aliphatic carbocycles. The van der Waals surface area contributed by atoms with Gasteiger partial charge in [-0.3, -0.25) is 0 Å². The third-order valence-corrected chi connectivity index (χ3v) is 3.04. The third kappa shape index (κ3) is 4.20. The molecule has 1 rings (SSSR count). The van der Waals surface area contributed by atoms with E-state index >= 15 is 0 Å². The standard InChI is InChI=1S/C15H19N3/c1-12(18-9-8-15(2,3)11-17)14-6-4-13(10-16)5-7-14/h4-7,12,18H,8-9H2,1-3H3. The van der Waals surface area contributed by atoms with Gasteiger partial charge in [0.15, 0.2) is 0 Å². The zero-order valence-electron chi connectivity index (χ0n) is 11.2. The topological polar surface area (TPSA) is 59.6 Å². The van der Waals surface area contributed by atoms with Crippen molar-refractivity contribution < 1.29 is 0 Å². The van der Waals surface area contributed by atoms with Gasteiger partial charge in [-0.2, -0.15) is 10.5 Å². The molecule has 0 fully saturated rings. The summed E-state index contributed by atoms with van der Waals surface area (Å²) in [5.41, 5.74) is 1.55. The molecule has 0 amide bonds. The fraction of sp³-hybridized carbons (Fsp3) is 0.467. The van der Waals surface area contributed by atoms with Crippen LogP contribution >= 0.6 is 0 Å². The maximum absolute atomic E-state index is 8.93. The smallest absolute Gasteiger partial charge is 0.0991 e. The Bertz CT molecular complexity index is 460. The minimum Gasteiger partial charge on any atom is -0.310 e. The molecule has 0 spiro atoms. The van der Waals surface area contributed by atoms with E-state index in [1.807, 2.05) is 38.1 Å². The maximum atomic E-state index is 8.93. The second kappa shape index (κ2) is 6.19. The van der Waals surface area contributed by atoms with Crippen molar-refractivity contribution in [1.82, 2.24) is 5.32 Å². The van der Waals surface area contributed by atoms with Crippen LogP contribution in [0.3, 0.4) is 0 Å². The van der Waals surface area contributed by atoms with Crippen molar-refractivity contribution in [1.29, 1.82) is 10.5 Å². The van der Waals surface area contributed by atoms with Crippen LogP contribution in [-0.4, -0.2) is 6.54 Å². The van der Waals surface area contributed by atoms with E-state index < -0.39 is 0 Å². The molecule has 94 valence electrons. The monoisotopic (exact) mass is 241 g/mol. The molecule has 0 aliphatic heterocycles. The van der Waals surface area contributed by atoms with E-state index in [4.69, 9.17) is 10.5 Å². The van der Waals surface area contributed by atoms with Crippen molar-refractivity contribution in [3.05, 3.63) is 35.4 Å². The highest BCUT2D eigenvalue weighted by atomic mass is 14.9. The fourth-order valence-corrected chi connectivity index (χ4v) is 1.62. The van der Waals surface area contributed by atoms with Crippen LogP contribution in [0.25, 0.3) is 0 Å². The predicted molar refractivity (Wildman–Crippen MR) is 71.6 cm³/mol. The Morgan fingerprint density at radius 2 is 1.83 bits per heavy atom. The van der Waals surface area contributed by atoms with Crippen molar-refractivity contribution >= 4 is 0 Å². The summed E-state index contributed by atoms with van der Waals surface area (Å²) in [6.07, 6.45) is 0.824. The van der Waals surface area contributed by atoms with Gasteiger partial charge in [0.2, 0.25) is 0 Å². The van der Waals surface area contributed by atoms with Gasteiger partial charge in [0.25, 0.3) is 0 Å². The van der Waals surface area contributed by atoms with E-state index in [0.717, 1.165) is 18.5 Å². The van der Waals surface area contributed by atoms with Crippen LogP contribution in [0.4, 0.5) is 0 Å². The predicted octanol–water partition coefficient (Wildman–Crippen LogP) is 3.15. The van der Waals surface area contributed by atoms with Crippen molar-refractivity contribution in [2.45, 2.75) is 33.2 Å². The maximum Gasteiger partial charge on any atom is 0.0991 e. The minimum atomic E-state index is -0.280. The molecule has 0 radical (unpaired) electrons. The lowest BCUT2D eigenvalue weighted by atomic mass is 9.91. The summed E-state index contributed by atoms with van der Waals surface area (Å²) in [4.78, 5) is 0. The molecule has 0 heterocycles. The van der Waals surface area contributed by atoms with Gasteiger partial charge >= 0.3 is 0 Å². The van der Waals surface area contributed by atoms with Gasteiger partial charge in [-0.1, -0.05) is 12.1 Å². The molecule has 0 saturated carbocycles. The van der Waals surface area contributed by atoms with Crippen molar-refractivity contribution in [3.8, 4) is 12.1 Å². The molecule has 3 heteroatoms. The third-order valence-electron chi connectivity index (χ3n) is 3.04. The van der Waals surface area contributed by atoms with Gasteiger partial charge in [0, 0.05) is 6.04 Å². The molecular weight excluding hydrogens is 222 g/mol. The summed E-state index contributed by atoms with van der Waals surface area (Å²) in [6.45, 7) is 6.78. The van der Waals surface area contributed by atoms with Gasteiger partial charge in [-0.15, -0.1) is 0 Å². The number of rotatable bonds is 5. The minimum absolute atomic E-state index is 0.229. The van der Waals surface area contributed by atoms with E-state index in [-0.39, 0.29) is 11.5 Å². The Balaban J connectivity index is 2.48. The number of nitriles is 2. The lowest BCUT2D eigenvalue weighted by Gasteiger charge is -2.18. The molecule has 0 aliphatic rings. The molecule has 1 atom stereocenters. The van der Waals surface area contributed by atoms with Crippen LogP contribution in [0.5, 0.6) is 0 Å². The van der Waals surface area contributed by atoms with Gasteiger partial charge in [0.1, 0.15) is 0 Å². The number of nitrogens with one attached hydrogen (secondary N) is 1. The first-order valence-corrected chi connectivity index (χ1v) is 6.13.